The van der Waals surface area contributed by atoms with Crippen LogP contribution in [0.2, 0.25) is 0 Å². The Morgan fingerprint density at radius 1 is 1.56 bits per heavy atom. The molecule has 1 aromatic rings. The van der Waals surface area contributed by atoms with E-state index in [1.165, 1.54) is 12.8 Å². The van der Waals surface area contributed by atoms with E-state index in [9.17, 15) is 4.79 Å². The lowest BCUT2D eigenvalue weighted by Crippen LogP contribution is -2.25. The molecule has 0 bridgehead atoms. The molecule has 16 heavy (non-hydrogen) atoms. The Balaban J connectivity index is 2.16. The largest absolute Gasteiger partial charge is 0.468 e. The average molecular weight is 225 g/mol. The van der Waals surface area contributed by atoms with Crippen molar-refractivity contribution in [2.24, 2.45) is 0 Å². The van der Waals surface area contributed by atoms with Gasteiger partial charge in [-0.05, 0) is 32.9 Å². The van der Waals surface area contributed by atoms with Gasteiger partial charge in [0.2, 0.25) is 0 Å². The highest BCUT2D eigenvalue weighted by Gasteiger charge is 2.01. The molecule has 0 aromatic carbocycles. The second kappa shape index (κ2) is 6.27. The Kier molecular flexibility index (Phi) is 4.98. The van der Waals surface area contributed by atoms with E-state index in [4.69, 9.17) is 0 Å². The fraction of sp³-hybridized carbons (Fsp3) is 0.636. The van der Waals surface area contributed by atoms with E-state index in [1.807, 2.05) is 18.5 Å². The summed E-state index contributed by atoms with van der Waals surface area (Å²) in [6, 6.07) is 2.06. The Labute approximate surface area is 95.8 Å². The number of carbonyl (C=O) groups is 1. The predicted octanol–water partition coefficient (Wildman–Crippen LogP) is 0.653. The molecule has 0 saturated carbocycles. The number of aryl methyl sites for hydroxylation is 3. The summed E-state index contributed by atoms with van der Waals surface area (Å²) < 4.78 is 6.50. The Bertz CT molecular complexity index is 347. The van der Waals surface area contributed by atoms with E-state index < -0.39 is 0 Å². The van der Waals surface area contributed by atoms with Crippen LogP contribution in [0, 0.1) is 13.8 Å². The van der Waals surface area contributed by atoms with Gasteiger partial charge in [-0.2, -0.15) is 5.10 Å². The van der Waals surface area contributed by atoms with Crippen LogP contribution in [0.4, 0.5) is 0 Å². The van der Waals surface area contributed by atoms with Gasteiger partial charge in [-0.1, -0.05) is 0 Å². The van der Waals surface area contributed by atoms with Crippen LogP contribution in [-0.2, 0) is 16.1 Å². The second-order valence-electron chi connectivity index (χ2n) is 3.76. The molecule has 0 aliphatic heterocycles. The van der Waals surface area contributed by atoms with Gasteiger partial charge in [0.1, 0.15) is 0 Å². The third-order valence-electron chi connectivity index (χ3n) is 2.32. The molecule has 0 unspecified atom stereocenters. The normalized spacial score (nSPS) is 10.4. The van der Waals surface area contributed by atoms with Gasteiger partial charge in [-0.15, -0.1) is 0 Å². The van der Waals surface area contributed by atoms with Gasteiger partial charge in [0, 0.05) is 12.2 Å². The molecule has 0 amide bonds. The van der Waals surface area contributed by atoms with Gasteiger partial charge < -0.3 is 10.1 Å². The van der Waals surface area contributed by atoms with Crippen LogP contribution in [0.25, 0.3) is 0 Å². The highest BCUT2D eigenvalue weighted by molar-refractivity contribution is 5.71. The number of esters is 1. The van der Waals surface area contributed by atoms with Crippen molar-refractivity contribution in [1.29, 1.82) is 0 Å². The highest BCUT2D eigenvalue weighted by Crippen LogP contribution is 2.01. The van der Waals surface area contributed by atoms with E-state index in [0.29, 0.717) is 0 Å². The van der Waals surface area contributed by atoms with E-state index in [2.05, 4.69) is 21.2 Å². The molecule has 0 spiro atoms. The molecule has 0 atom stereocenters. The minimum Gasteiger partial charge on any atom is -0.468 e. The van der Waals surface area contributed by atoms with E-state index in [-0.39, 0.29) is 12.5 Å². The smallest absolute Gasteiger partial charge is 0.319 e. The van der Waals surface area contributed by atoms with Crippen LogP contribution in [-0.4, -0.2) is 35.9 Å². The molecule has 1 aromatic heterocycles. The zero-order valence-electron chi connectivity index (χ0n) is 10.1. The number of methoxy groups -OCH3 is 1. The van der Waals surface area contributed by atoms with Gasteiger partial charge in [0.05, 0.1) is 19.3 Å². The Morgan fingerprint density at radius 3 is 2.88 bits per heavy atom. The molecule has 1 rings (SSSR count). The van der Waals surface area contributed by atoms with Gasteiger partial charge in [0.25, 0.3) is 0 Å². The molecule has 5 heteroatoms. The molecule has 5 nitrogen and oxygen atoms in total. The molecular formula is C11H19N3O2. The van der Waals surface area contributed by atoms with E-state index >= 15 is 0 Å². The van der Waals surface area contributed by atoms with Crippen LogP contribution in [0.15, 0.2) is 6.07 Å². The number of rotatable bonds is 6. The molecule has 90 valence electrons. The summed E-state index contributed by atoms with van der Waals surface area (Å²) in [5.41, 5.74) is 2.21. The molecule has 0 fully saturated rings. The van der Waals surface area contributed by atoms with Crippen molar-refractivity contribution in [3.63, 3.8) is 0 Å². The second-order valence-corrected chi connectivity index (χ2v) is 3.76. The molecule has 0 saturated heterocycles. The topological polar surface area (TPSA) is 56.1 Å². The van der Waals surface area contributed by atoms with E-state index in [1.54, 1.807) is 0 Å². The summed E-state index contributed by atoms with van der Waals surface area (Å²) >= 11 is 0. The lowest BCUT2D eigenvalue weighted by Gasteiger charge is -2.05. The first-order valence-corrected chi connectivity index (χ1v) is 5.42. The molecule has 0 radical (unpaired) electrons. The third-order valence-corrected chi connectivity index (χ3v) is 2.32. The summed E-state index contributed by atoms with van der Waals surface area (Å²) in [6.45, 7) is 5.95. The van der Waals surface area contributed by atoms with Crippen molar-refractivity contribution < 1.29 is 9.53 Å². The lowest BCUT2D eigenvalue weighted by molar-refractivity contribution is -0.139. The van der Waals surface area contributed by atoms with Gasteiger partial charge in [-0.3, -0.25) is 9.48 Å². The maximum atomic E-state index is 10.8. The van der Waals surface area contributed by atoms with Crippen LogP contribution >= 0.6 is 0 Å². The first-order chi connectivity index (χ1) is 7.63. The number of hydrogen-bond donors (Lipinski definition) is 1. The van der Waals surface area contributed by atoms with Crippen molar-refractivity contribution in [3.8, 4) is 0 Å². The quantitative estimate of drug-likeness (QED) is 0.570. The van der Waals surface area contributed by atoms with Gasteiger partial charge >= 0.3 is 5.97 Å². The number of hydrogen-bond acceptors (Lipinski definition) is 4. The van der Waals surface area contributed by atoms with Crippen LogP contribution < -0.4 is 5.32 Å². The van der Waals surface area contributed by atoms with Gasteiger partial charge in [-0.25, -0.2) is 0 Å². The van der Waals surface area contributed by atoms with Crippen molar-refractivity contribution in [2.75, 3.05) is 20.2 Å². The third kappa shape index (κ3) is 4.02. The molecular weight excluding hydrogens is 206 g/mol. The highest BCUT2D eigenvalue weighted by atomic mass is 16.5. The van der Waals surface area contributed by atoms with Crippen LogP contribution in [0.3, 0.4) is 0 Å². The van der Waals surface area contributed by atoms with E-state index in [0.717, 1.165) is 25.2 Å². The lowest BCUT2D eigenvalue weighted by atomic mass is 10.4. The fourth-order valence-corrected chi connectivity index (χ4v) is 1.52. The molecule has 1 N–H and O–H groups in total. The fourth-order valence-electron chi connectivity index (χ4n) is 1.52. The Morgan fingerprint density at radius 2 is 2.31 bits per heavy atom. The molecule has 0 aliphatic carbocycles. The summed E-state index contributed by atoms with van der Waals surface area (Å²) in [6.07, 6.45) is 0.943. The molecule has 0 aliphatic rings. The first-order valence-electron chi connectivity index (χ1n) is 5.42. The van der Waals surface area contributed by atoms with Crippen LogP contribution in [0.1, 0.15) is 17.8 Å². The SMILES string of the molecule is COC(=O)CNCCCn1nc(C)cc1C. The van der Waals surface area contributed by atoms with Crippen LogP contribution in [0.5, 0.6) is 0 Å². The number of carbonyl (C=O) groups excluding carboxylic acids is 1. The predicted molar refractivity (Wildman–Crippen MR) is 61.2 cm³/mol. The first kappa shape index (κ1) is 12.7. The van der Waals surface area contributed by atoms with Crippen molar-refractivity contribution in [3.05, 3.63) is 17.5 Å². The number of ether oxygens (including phenoxy) is 1. The maximum absolute atomic E-state index is 10.8. The van der Waals surface area contributed by atoms with Gasteiger partial charge in [0.15, 0.2) is 0 Å². The summed E-state index contributed by atoms with van der Waals surface area (Å²) in [5, 5.41) is 7.37. The standard InChI is InChI=1S/C11H19N3O2/c1-9-7-10(2)14(13-9)6-4-5-12-8-11(15)16-3/h7,12H,4-6,8H2,1-3H3. The summed E-state index contributed by atoms with van der Waals surface area (Å²) in [7, 11) is 1.39. The zero-order chi connectivity index (χ0) is 12.0. The van der Waals surface area contributed by atoms with Crippen molar-refractivity contribution in [1.82, 2.24) is 15.1 Å². The number of aromatic nitrogens is 2. The molecule has 1 heterocycles. The summed E-state index contributed by atoms with van der Waals surface area (Å²) in [5.74, 6) is -0.230. The maximum Gasteiger partial charge on any atom is 0.319 e. The van der Waals surface area contributed by atoms with Crippen molar-refractivity contribution in [2.45, 2.75) is 26.8 Å². The number of nitrogens with one attached hydrogen (secondary N) is 1. The monoisotopic (exact) mass is 225 g/mol. The summed E-state index contributed by atoms with van der Waals surface area (Å²) in [4.78, 5) is 10.8. The zero-order valence-corrected chi connectivity index (χ0v) is 10.1. The number of nitrogens with zero attached hydrogens (tertiary/aromatic N) is 2. The average Bonchev–Trinajstić information content (AvgIpc) is 2.56. The Hall–Kier alpha value is -1.36. The minimum absolute atomic E-state index is 0.230. The van der Waals surface area contributed by atoms with Crippen molar-refractivity contribution >= 4 is 5.97 Å². The minimum atomic E-state index is -0.230.